The molecule has 0 saturated carbocycles. The molecule has 232 valence electrons. The summed E-state index contributed by atoms with van der Waals surface area (Å²) in [5.41, 5.74) is 10.5. The molecule has 0 radical (unpaired) electrons. The van der Waals surface area contributed by atoms with Crippen LogP contribution in [-0.4, -0.2) is 9.13 Å². The average molecular weight is 639 g/mol. The van der Waals surface area contributed by atoms with E-state index in [2.05, 4.69) is 155 Å². The molecule has 0 fully saturated rings. The van der Waals surface area contributed by atoms with Gasteiger partial charge in [0.1, 0.15) is 22.3 Å². The van der Waals surface area contributed by atoms with Crippen molar-refractivity contribution in [3.05, 3.63) is 158 Å². The van der Waals surface area contributed by atoms with E-state index in [1.165, 1.54) is 21.5 Å². The van der Waals surface area contributed by atoms with Crippen molar-refractivity contribution in [2.45, 2.75) is 0 Å². The Kier molecular flexibility index (Phi) is 4.94. The molecule has 0 aliphatic rings. The molecular weight excluding hydrogens is 613 g/mol. The SMILES string of the molecule is c1ccc2c(c1)oc1c2ccc2c1c1ccccc1n2-c1ccc2cc(-n3c4ccccc4c4c5oc6ccccc6c5ccc43)ccc2c1. The predicted molar refractivity (Wildman–Crippen MR) is 207 cm³/mol. The second kappa shape index (κ2) is 9.43. The number of para-hydroxylation sites is 4. The van der Waals surface area contributed by atoms with Crippen molar-refractivity contribution in [2.75, 3.05) is 0 Å². The van der Waals surface area contributed by atoms with Gasteiger partial charge in [-0.05, 0) is 83.6 Å². The first-order chi connectivity index (χ1) is 24.8. The van der Waals surface area contributed by atoms with Gasteiger partial charge in [-0.2, -0.15) is 0 Å². The summed E-state index contributed by atoms with van der Waals surface area (Å²) in [6.45, 7) is 0. The number of aromatic nitrogens is 2. The van der Waals surface area contributed by atoms with Crippen LogP contribution in [-0.2, 0) is 0 Å². The lowest BCUT2D eigenvalue weighted by Gasteiger charge is -2.12. The highest BCUT2D eigenvalue weighted by atomic mass is 16.3. The van der Waals surface area contributed by atoms with Gasteiger partial charge in [0, 0.05) is 43.7 Å². The van der Waals surface area contributed by atoms with Crippen molar-refractivity contribution in [1.29, 1.82) is 0 Å². The maximum Gasteiger partial charge on any atom is 0.145 e. The minimum absolute atomic E-state index is 0.915. The summed E-state index contributed by atoms with van der Waals surface area (Å²) < 4.78 is 17.8. The highest BCUT2D eigenvalue weighted by Gasteiger charge is 2.20. The Labute approximate surface area is 284 Å². The third kappa shape index (κ3) is 3.34. The molecule has 0 unspecified atom stereocenters. The highest BCUT2D eigenvalue weighted by Crippen LogP contribution is 2.42. The molecule has 0 saturated heterocycles. The molecule has 4 heteroatoms. The number of hydrogen-bond donors (Lipinski definition) is 0. The predicted octanol–water partition coefficient (Wildman–Crippen LogP) is 12.8. The van der Waals surface area contributed by atoms with E-state index in [-0.39, 0.29) is 0 Å². The lowest BCUT2D eigenvalue weighted by molar-refractivity contribution is 0.672. The number of rotatable bonds is 2. The molecule has 0 bridgehead atoms. The summed E-state index contributed by atoms with van der Waals surface area (Å²) >= 11 is 0. The lowest BCUT2D eigenvalue weighted by Crippen LogP contribution is -1.95. The fourth-order valence-corrected chi connectivity index (χ4v) is 8.52. The van der Waals surface area contributed by atoms with Crippen LogP contribution in [0.4, 0.5) is 0 Å². The first kappa shape index (κ1) is 26.2. The third-order valence-corrected chi connectivity index (χ3v) is 10.7. The summed E-state index contributed by atoms with van der Waals surface area (Å²) in [6, 6.07) is 56.4. The van der Waals surface area contributed by atoms with E-state index >= 15 is 0 Å². The second-order valence-corrected chi connectivity index (χ2v) is 13.3. The smallest absolute Gasteiger partial charge is 0.145 e. The average Bonchev–Trinajstić information content (AvgIpc) is 3.91. The van der Waals surface area contributed by atoms with Gasteiger partial charge >= 0.3 is 0 Å². The Hall–Kier alpha value is -6.78. The van der Waals surface area contributed by atoms with Gasteiger partial charge in [0.15, 0.2) is 0 Å². The van der Waals surface area contributed by atoms with Crippen LogP contribution in [0.2, 0.25) is 0 Å². The van der Waals surface area contributed by atoms with E-state index in [1.54, 1.807) is 0 Å². The standard InChI is InChI=1S/C46H26N2O2/c1-5-13-37-35(11-1)43-39(23-21-33-31-9-3-7-15-41(31)49-45(33)43)47(37)29-19-17-28-26-30(20-18-27(28)25-29)48-38-14-6-2-12-36(38)44-40(48)24-22-34-32-10-4-8-16-42(32)50-46(34)44/h1-26H. The second-order valence-electron chi connectivity index (χ2n) is 13.3. The number of hydrogen-bond acceptors (Lipinski definition) is 2. The van der Waals surface area contributed by atoms with Crippen molar-refractivity contribution in [3.63, 3.8) is 0 Å². The van der Waals surface area contributed by atoms with Crippen LogP contribution in [0.3, 0.4) is 0 Å². The molecule has 0 atom stereocenters. The third-order valence-electron chi connectivity index (χ3n) is 10.7. The van der Waals surface area contributed by atoms with Gasteiger partial charge in [-0.3, -0.25) is 0 Å². The molecule has 0 aliphatic carbocycles. The molecular formula is C46H26N2O2. The first-order valence-corrected chi connectivity index (χ1v) is 17.0. The van der Waals surface area contributed by atoms with E-state index in [4.69, 9.17) is 8.83 Å². The van der Waals surface area contributed by atoms with Gasteiger partial charge in [-0.25, -0.2) is 0 Å². The van der Waals surface area contributed by atoms with E-state index in [0.29, 0.717) is 0 Å². The van der Waals surface area contributed by atoms with Crippen LogP contribution in [0.1, 0.15) is 0 Å². The summed E-state index contributed by atoms with van der Waals surface area (Å²) in [6.07, 6.45) is 0. The molecule has 0 spiro atoms. The maximum absolute atomic E-state index is 6.52. The minimum Gasteiger partial charge on any atom is -0.455 e. The Balaban J connectivity index is 1.06. The van der Waals surface area contributed by atoms with E-state index in [9.17, 15) is 0 Å². The normalized spacial score (nSPS) is 12.4. The summed E-state index contributed by atoms with van der Waals surface area (Å²) in [5.74, 6) is 0. The minimum atomic E-state index is 0.915. The number of nitrogens with zero attached hydrogens (tertiary/aromatic N) is 2. The molecule has 0 aliphatic heterocycles. The van der Waals surface area contributed by atoms with E-state index in [1.807, 2.05) is 12.1 Å². The summed E-state index contributed by atoms with van der Waals surface area (Å²) in [7, 11) is 0. The fraction of sp³-hybridized carbons (Fsp3) is 0. The summed E-state index contributed by atoms with van der Waals surface area (Å²) in [4.78, 5) is 0. The van der Waals surface area contributed by atoms with Gasteiger partial charge in [0.2, 0.25) is 0 Å². The number of fused-ring (bicyclic) bond motifs is 15. The van der Waals surface area contributed by atoms with Crippen molar-refractivity contribution in [1.82, 2.24) is 9.13 Å². The largest absolute Gasteiger partial charge is 0.455 e. The van der Waals surface area contributed by atoms with Gasteiger partial charge in [0.25, 0.3) is 0 Å². The van der Waals surface area contributed by atoms with Crippen LogP contribution in [0.25, 0.3) is 110 Å². The first-order valence-electron chi connectivity index (χ1n) is 17.0. The van der Waals surface area contributed by atoms with Crippen molar-refractivity contribution in [2.24, 2.45) is 0 Å². The number of furan rings is 2. The van der Waals surface area contributed by atoms with E-state index < -0.39 is 0 Å². The van der Waals surface area contributed by atoms with Crippen LogP contribution in [0.5, 0.6) is 0 Å². The van der Waals surface area contributed by atoms with Crippen molar-refractivity contribution < 1.29 is 8.83 Å². The molecule has 12 rings (SSSR count). The quantitative estimate of drug-likeness (QED) is 0.189. The monoisotopic (exact) mass is 638 g/mol. The topological polar surface area (TPSA) is 36.1 Å². The van der Waals surface area contributed by atoms with Crippen LogP contribution in [0, 0.1) is 0 Å². The molecule has 0 N–H and O–H groups in total. The molecule has 0 amide bonds. The molecule has 50 heavy (non-hydrogen) atoms. The van der Waals surface area contributed by atoms with Gasteiger partial charge < -0.3 is 18.0 Å². The van der Waals surface area contributed by atoms with Gasteiger partial charge in [-0.15, -0.1) is 0 Å². The molecule has 4 heterocycles. The van der Waals surface area contributed by atoms with Crippen molar-refractivity contribution in [3.8, 4) is 11.4 Å². The Bertz CT molecular complexity index is 3160. The zero-order valence-corrected chi connectivity index (χ0v) is 26.7. The van der Waals surface area contributed by atoms with Gasteiger partial charge in [0.05, 0.1) is 32.8 Å². The number of benzene rings is 8. The molecule has 4 aromatic heterocycles. The molecule has 4 nitrogen and oxygen atoms in total. The zero-order chi connectivity index (χ0) is 32.5. The Morgan fingerprint density at radius 2 is 0.740 bits per heavy atom. The van der Waals surface area contributed by atoms with Crippen LogP contribution >= 0.6 is 0 Å². The Morgan fingerprint density at radius 1 is 0.320 bits per heavy atom. The van der Waals surface area contributed by atoms with Gasteiger partial charge in [-0.1, -0.05) is 84.9 Å². The van der Waals surface area contributed by atoms with Crippen molar-refractivity contribution >= 4 is 98.3 Å². The Morgan fingerprint density at radius 3 is 1.22 bits per heavy atom. The zero-order valence-electron chi connectivity index (χ0n) is 26.7. The van der Waals surface area contributed by atoms with Crippen LogP contribution < -0.4 is 0 Å². The summed E-state index contributed by atoms with van der Waals surface area (Å²) in [5, 5.41) is 11.6. The lowest BCUT2D eigenvalue weighted by atomic mass is 10.1. The fourth-order valence-electron chi connectivity index (χ4n) is 8.52. The van der Waals surface area contributed by atoms with Crippen LogP contribution in [0.15, 0.2) is 167 Å². The highest BCUT2D eigenvalue weighted by molar-refractivity contribution is 6.25. The van der Waals surface area contributed by atoms with E-state index in [0.717, 1.165) is 88.1 Å². The molecule has 12 aromatic rings. The molecule has 8 aromatic carbocycles. The maximum atomic E-state index is 6.52.